The van der Waals surface area contributed by atoms with Crippen LogP contribution < -0.4 is 19.6 Å². The van der Waals surface area contributed by atoms with Crippen molar-refractivity contribution in [3.05, 3.63) is 135 Å². The summed E-state index contributed by atoms with van der Waals surface area (Å²) < 4.78 is 38.0. The number of rotatable bonds is 12. The number of halogens is 1. The predicted molar refractivity (Wildman–Crippen MR) is 164 cm³/mol. The molecule has 0 radical (unpaired) electrons. The van der Waals surface area contributed by atoms with E-state index in [0.29, 0.717) is 17.1 Å². The van der Waals surface area contributed by atoms with Gasteiger partial charge in [-0.15, -0.1) is 0 Å². The minimum atomic E-state index is -0.635. The molecule has 5 aromatic rings. The Kier molecular flexibility index (Phi) is 9.23. The summed E-state index contributed by atoms with van der Waals surface area (Å²) in [6.07, 6.45) is 1.22. The number of carbonyl (C=O) groups excluding carboxylic acids is 1. The number of amides is 1. The van der Waals surface area contributed by atoms with Crippen LogP contribution >= 0.6 is 0 Å². The number of hydrazone groups is 1. The van der Waals surface area contributed by atoms with Crippen molar-refractivity contribution < 1.29 is 32.7 Å². The maximum absolute atomic E-state index is 13.5. The Labute approximate surface area is 257 Å². The van der Waals surface area contributed by atoms with Crippen molar-refractivity contribution in [2.24, 2.45) is 5.10 Å². The second kappa shape index (κ2) is 13.6. The van der Waals surface area contributed by atoms with Crippen molar-refractivity contribution in [2.75, 3.05) is 7.11 Å². The minimum Gasteiger partial charge on any atom is -0.493 e. The summed E-state index contributed by atoms with van der Waals surface area (Å²) in [5, 5.41) is 15.7. The second-order valence-corrected chi connectivity index (χ2v) is 9.95. The number of hydrogen-bond acceptors (Lipinski definition) is 8. The van der Waals surface area contributed by atoms with E-state index in [4.69, 9.17) is 18.6 Å². The van der Waals surface area contributed by atoms with Gasteiger partial charge in [-0.25, -0.2) is 9.82 Å². The normalized spacial score (nSPS) is 11.0. The smallest absolute Gasteiger partial charge is 0.315 e. The molecule has 0 aliphatic rings. The van der Waals surface area contributed by atoms with Gasteiger partial charge in [0.15, 0.2) is 11.5 Å². The molecule has 1 N–H and O–H groups in total. The van der Waals surface area contributed by atoms with Gasteiger partial charge in [-0.3, -0.25) is 14.9 Å². The van der Waals surface area contributed by atoms with Gasteiger partial charge in [0.05, 0.1) is 18.2 Å². The first kappa shape index (κ1) is 30.5. The zero-order valence-corrected chi connectivity index (χ0v) is 24.7. The number of nitro groups is 1. The summed E-state index contributed by atoms with van der Waals surface area (Å²) in [6.45, 7) is 4.08. The van der Waals surface area contributed by atoms with Gasteiger partial charge in [-0.2, -0.15) is 5.10 Å². The highest BCUT2D eigenvalue weighted by atomic mass is 19.1. The number of methoxy groups -OCH3 is 1. The molecule has 0 saturated carbocycles. The Hall–Kier alpha value is -5.91. The van der Waals surface area contributed by atoms with Crippen molar-refractivity contribution in [1.29, 1.82) is 0 Å². The standard InChI is InChI=1S/C33H29FN4O7/c1-21-7-8-22(2)37(21)26-9-11-27(12-10-26)43-20-28-13-14-30(45-28)33(39)36-35-18-24-16-29(38(40)41)32(31(17-24)42-3)44-19-23-5-4-6-25(34)15-23/h4-18H,19-20H2,1-3H3,(H,36,39)/b35-18+. The molecule has 11 nitrogen and oxygen atoms in total. The third-order valence-corrected chi connectivity index (χ3v) is 6.76. The van der Waals surface area contributed by atoms with Gasteiger partial charge < -0.3 is 23.2 Å². The first-order valence-electron chi connectivity index (χ1n) is 13.8. The van der Waals surface area contributed by atoms with Gasteiger partial charge in [-0.1, -0.05) is 12.1 Å². The molecule has 0 atom stereocenters. The van der Waals surface area contributed by atoms with E-state index in [1.165, 1.54) is 49.7 Å². The highest BCUT2D eigenvalue weighted by molar-refractivity contribution is 5.92. The molecule has 0 unspecified atom stereocenters. The lowest BCUT2D eigenvalue weighted by Crippen LogP contribution is -2.16. The molecule has 1 amide bonds. The molecule has 0 spiro atoms. The minimum absolute atomic E-state index is 0.00399. The first-order chi connectivity index (χ1) is 21.7. The van der Waals surface area contributed by atoms with Gasteiger partial charge in [-0.05, 0) is 86.1 Å². The van der Waals surface area contributed by atoms with Crippen LogP contribution in [0.2, 0.25) is 0 Å². The Morgan fingerprint density at radius 2 is 1.76 bits per heavy atom. The van der Waals surface area contributed by atoms with Crippen LogP contribution in [0.4, 0.5) is 10.1 Å². The van der Waals surface area contributed by atoms with Crippen molar-refractivity contribution >= 4 is 17.8 Å². The summed E-state index contributed by atoms with van der Waals surface area (Å²) in [4.78, 5) is 23.7. The maximum atomic E-state index is 13.5. The maximum Gasteiger partial charge on any atom is 0.315 e. The largest absolute Gasteiger partial charge is 0.493 e. The molecule has 2 aromatic heterocycles. The lowest BCUT2D eigenvalue weighted by atomic mass is 10.1. The van der Waals surface area contributed by atoms with Crippen molar-refractivity contribution in [3.8, 4) is 22.9 Å². The van der Waals surface area contributed by atoms with E-state index in [2.05, 4.69) is 27.2 Å². The van der Waals surface area contributed by atoms with E-state index in [9.17, 15) is 19.3 Å². The van der Waals surface area contributed by atoms with Crippen LogP contribution in [-0.4, -0.2) is 28.7 Å². The number of aryl methyl sites for hydroxylation is 2. The third-order valence-electron chi connectivity index (χ3n) is 6.76. The number of benzene rings is 3. The van der Waals surface area contributed by atoms with E-state index in [1.54, 1.807) is 12.1 Å². The molecule has 0 bridgehead atoms. The van der Waals surface area contributed by atoms with Crippen LogP contribution in [-0.2, 0) is 13.2 Å². The monoisotopic (exact) mass is 612 g/mol. The zero-order valence-electron chi connectivity index (χ0n) is 24.7. The first-order valence-corrected chi connectivity index (χ1v) is 13.8. The summed E-state index contributed by atoms with van der Waals surface area (Å²) in [5.41, 5.74) is 5.98. The number of nitrogens with zero attached hydrogens (tertiary/aromatic N) is 3. The quantitative estimate of drug-likeness (QED) is 0.0947. The molecule has 0 saturated heterocycles. The Balaban J connectivity index is 1.19. The van der Waals surface area contributed by atoms with Crippen LogP contribution in [0.5, 0.6) is 17.2 Å². The number of aromatic nitrogens is 1. The van der Waals surface area contributed by atoms with E-state index in [1.807, 2.05) is 38.1 Å². The summed E-state index contributed by atoms with van der Waals surface area (Å²) in [5.74, 6) is -0.0677. The van der Waals surface area contributed by atoms with Crippen LogP contribution in [0.15, 0.2) is 94.4 Å². The molecule has 2 heterocycles. The molecular formula is C33H29FN4O7. The molecule has 0 fully saturated rings. The average Bonchev–Trinajstić information content (AvgIpc) is 3.65. The SMILES string of the molecule is COc1cc(/C=N/NC(=O)c2ccc(COc3ccc(-n4c(C)ccc4C)cc3)o2)cc([N+](=O)[O-])c1OCc1cccc(F)c1. The zero-order chi connectivity index (χ0) is 31.9. The topological polar surface area (TPSA) is 130 Å². The van der Waals surface area contributed by atoms with E-state index < -0.39 is 22.3 Å². The third kappa shape index (κ3) is 7.36. The highest BCUT2D eigenvalue weighted by Crippen LogP contribution is 2.38. The second-order valence-electron chi connectivity index (χ2n) is 9.95. The number of nitro benzene ring substituents is 1. The van der Waals surface area contributed by atoms with E-state index >= 15 is 0 Å². The average molecular weight is 613 g/mol. The highest BCUT2D eigenvalue weighted by Gasteiger charge is 2.22. The molecule has 230 valence electrons. The fourth-order valence-electron chi connectivity index (χ4n) is 4.62. The molecule has 45 heavy (non-hydrogen) atoms. The van der Waals surface area contributed by atoms with Crippen LogP contribution in [0.25, 0.3) is 5.69 Å². The lowest BCUT2D eigenvalue weighted by Gasteiger charge is -2.12. The van der Waals surface area contributed by atoms with Gasteiger partial charge in [0.2, 0.25) is 5.75 Å². The molecule has 12 heteroatoms. The summed E-state index contributed by atoms with van der Waals surface area (Å²) >= 11 is 0. The summed E-state index contributed by atoms with van der Waals surface area (Å²) in [6, 6.07) is 23.3. The van der Waals surface area contributed by atoms with Gasteiger partial charge in [0, 0.05) is 28.7 Å². The molecule has 0 aliphatic heterocycles. The molecule has 5 rings (SSSR count). The molecule has 3 aromatic carbocycles. The number of nitrogens with one attached hydrogen (secondary N) is 1. The fourth-order valence-corrected chi connectivity index (χ4v) is 4.62. The number of furan rings is 1. The van der Waals surface area contributed by atoms with E-state index in [-0.39, 0.29) is 36.0 Å². The van der Waals surface area contributed by atoms with Crippen molar-refractivity contribution in [3.63, 3.8) is 0 Å². The van der Waals surface area contributed by atoms with Gasteiger partial charge >= 0.3 is 11.6 Å². The van der Waals surface area contributed by atoms with E-state index in [0.717, 1.165) is 17.1 Å². The number of carbonyl (C=O) groups is 1. The Morgan fingerprint density at radius 1 is 1.00 bits per heavy atom. The Morgan fingerprint density at radius 3 is 2.44 bits per heavy atom. The van der Waals surface area contributed by atoms with Gasteiger partial charge in [0.1, 0.15) is 30.5 Å². The lowest BCUT2D eigenvalue weighted by molar-refractivity contribution is -0.386. The van der Waals surface area contributed by atoms with Crippen LogP contribution in [0.3, 0.4) is 0 Å². The summed E-state index contributed by atoms with van der Waals surface area (Å²) in [7, 11) is 1.33. The molecular weight excluding hydrogens is 583 g/mol. The van der Waals surface area contributed by atoms with Crippen molar-refractivity contribution in [1.82, 2.24) is 9.99 Å². The predicted octanol–water partition coefficient (Wildman–Crippen LogP) is 6.66. The molecule has 0 aliphatic carbocycles. The number of ether oxygens (including phenoxy) is 3. The van der Waals surface area contributed by atoms with Crippen molar-refractivity contribution in [2.45, 2.75) is 27.1 Å². The Bertz CT molecular complexity index is 1840. The fraction of sp³-hybridized carbons (Fsp3) is 0.152. The number of hydrogen-bond donors (Lipinski definition) is 1. The van der Waals surface area contributed by atoms with Crippen LogP contribution in [0.1, 0.15) is 38.8 Å². The van der Waals surface area contributed by atoms with Crippen LogP contribution in [0, 0.1) is 29.8 Å². The van der Waals surface area contributed by atoms with Gasteiger partial charge in [0.25, 0.3) is 0 Å².